The predicted molar refractivity (Wildman–Crippen MR) is 82.1 cm³/mol. The van der Waals surface area contributed by atoms with Crippen LogP contribution in [0.1, 0.15) is 52.9 Å². The molecule has 1 rings (SSSR count). The Labute approximate surface area is 131 Å². The van der Waals surface area contributed by atoms with Crippen LogP contribution in [0.3, 0.4) is 0 Å². The molecule has 0 saturated heterocycles. The molecule has 0 radical (unpaired) electrons. The summed E-state index contributed by atoms with van der Waals surface area (Å²) in [5, 5.41) is 0. The molecule has 5 heteroatoms. The highest BCUT2D eigenvalue weighted by Crippen LogP contribution is 2.21. The summed E-state index contributed by atoms with van der Waals surface area (Å²) in [6, 6.07) is 0. The van der Waals surface area contributed by atoms with Crippen molar-refractivity contribution in [1.29, 1.82) is 0 Å². The number of carbonyl (C=O) groups is 3. The van der Waals surface area contributed by atoms with Crippen LogP contribution in [-0.4, -0.2) is 29.9 Å². The minimum atomic E-state index is -0.417. The maximum Gasteiger partial charge on any atom is 0.306 e. The molecule has 1 aliphatic carbocycles. The molecule has 0 N–H and O–H groups in total. The van der Waals surface area contributed by atoms with Crippen molar-refractivity contribution in [3.05, 3.63) is 23.8 Å². The molecule has 22 heavy (non-hydrogen) atoms. The second kappa shape index (κ2) is 9.18. The SMILES string of the molecule is CC(=O)O[C@H]1C=C(CC=CCCCC(=O)OC(C)C)C(=O)C1. The zero-order valence-electron chi connectivity index (χ0n) is 13.5. The molecule has 1 atom stereocenters. The quantitative estimate of drug-likeness (QED) is 0.392. The van der Waals surface area contributed by atoms with Crippen LogP contribution < -0.4 is 0 Å². The largest absolute Gasteiger partial charge is 0.463 e. The van der Waals surface area contributed by atoms with Gasteiger partial charge in [0.15, 0.2) is 5.78 Å². The molecule has 0 aliphatic heterocycles. The van der Waals surface area contributed by atoms with E-state index in [9.17, 15) is 14.4 Å². The minimum absolute atomic E-state index is 0.0245. The molecule has 0 aromatic carbocycles. The van der Waals surface area contributed by atoms with E-state index in [1.807, 2.05) is 26.0 Å². The van der Waals surface area contributed by atoms with Crippen molar-refractivity contribution < 1.29 is 23.9 Å². The predicted octanol–water partition coefficient (Wildman–Crippen LogP) is 2.89. The maximum absolute atomic E-state index is 11.7. The van der Waals surface area contributed by atoms with Crippen LogP contribution in [0.25, 0.3) is 0 Å². The molecule has 1 aliphatic rings. The molecule has 0 aromatic heterocycles. The Bertz CT molecular complexity index is 473. The number of ketones is 1. The van der Waals surface area contributed by atoms with Crippen molar-refractivity contribution in [3.63, 3.8) is 0 Å². The van der Waals surface area contributed by atoms with Crippen LogP contribution in [0.15, 0.2) is 23.8 Å². The van der Waals surface area contributed by atoms with Gasteiger partial charge in [-0.2, -0.15) is 0 Å². The molecule has 0 fully saturated rings. The van der Waals surface area contributed by atoms with E-state index in [-0.39, 0.29) is 30.2 Å². The lowest BCUT2D eigenvalue weighted by Crippen LogP contribution is -2.12. The van der Waals surface area contributed by atoms with Crippen LogP contribution in [0.5, 0.6) is 0 Å². The van der Waals surface area contributed by atoms with Crippen molar-refractivity contribution in [2.75, 3.05) is 0 Å². The molecule has 0 aromatic rings. The lowest BCUT2D eigenvalue weighted by Gasteiger charge is -2.06. The summed E-state index contributed by atoms with van der Waals surface area (Å²) in [6.45, 7) is 4.99. The number of carbonyl (C=O) groups excluding carboxylic acids is 3. The summed E-state index contributed by atoms with van der Waals surface area (Å²) < 4.78 is 10.0. The molecule has 0 bridgehead atoms. The third-order valence-corrected chi connectivity index (χ3v) is 3.07. The Morgan fingerprint density at radius 2 is 2.09 bits per heavy atom. The lowest BCUT2D eigenvalue weighted by atomic mass is 10.1. The average molecular weight is 308 g/mol. The van der Waals surface area contributed by atoms with Crippen molar-refractivity contribution in [2.24, 2.45) is 0 Å². The summed E-state index contributed by atoms with van der Waals surface area (Å²) in [6.07, 6.45) is 7.76. The normalized spacial score (nSPS) is 17.9. The Balaban J connectivity index is 2.24. The van der Waals surface area contributed by atoms with Gasteiger partial charge in [-0.1, -0.05) is 12.2 Å². The molecule has 0 saturated carbocycles. The van der Waals surface area contributed by atoms with Crippen LogP contribution in [0.2, 0.25) is 0 Å². The smallest absolute Gasteiger partial charge is 0.306 e. The zero-order valence-corrected chi connectivity index (χ0v) is 13.5. The van der Waals surface area contributed by atoms with Crippen LogP contribution in [0.4, 0.5) is 0 Å². The van der Waals surface area contributed by atoms with Gasteiger partial charge in [-0.15, -0.1) is 0 Å². The summed E-state index contributed by atoms with van der Waals surface area (Å²) in [5.74, 6) is -0.531. The molecule has 5 nitrogen and oxygen atoms in total. The summed E-state index contributed by atoms with van der Waals surface area (Å²) in [5.41, 5.74) is 0.682. The van der Waals surface area contributed by atoms with Gasteiger partial charge in [0.1, 0.15) is 6.10 Å². The van der Waals surface area contributed by atoms with Crippen LogP contribution in [-0.2, 0) is 23.9 Å². The Morgan fingerprint density at radius 3 is 2.73 bits per heavy atom. The van der Waals surface area contributed by atoms with Crippen molar-refractivity contribution in [2.45, 2.75) is 65.1 Å². The monoisotopic (exact) mass is 308 g/mol. The van der Waals surface area contributed by atoms with Crippen molar-refractivity contribution in [3.8, 4) is 0 Å². The van der Waals surface area contributed by atoms with Gasteiger partial charge in [-0.3, -0.25) is 14.4 Å². The van der Waals surface area contributed by atoms with Crippen molar-refractivity contribution in [1.82, 2.24) is 0 Å². The van der Waals surface area contributed by atoms with Crippen LogP contribution >= 0.6 is 0 Å². The van der Waals surface area contributed by atoms with E-state index in [0.29, 0.717) is 18.4 Å². The van der Waals surface area contributed by atoms with Gasteiger partial charge in [0, 0.05) is 13.3 Å². The first-order valence-electron chi connectivity index (χ1n) is 7.64. The number of esters is 2. The van der Waals surface area contributed by atoms with E-state index >= 15 is 0 Å². The number of unbranched alkanes of at least 4 members (excludes halogenated alkanes) is 1. The number of rotatable bonds is 8. The summed E-state index contributed by atoms with van der Waals surface area (Å²) in [7, 11) is 0. The first-order valence-corrected chi connectivity index (χ1v) is 7.64. The first-order chi connectivity index (χ1) is 10.4. The third kappa shape index (κ3) is 7.20. The van der Waals surface area contributed by atoms with Gasteiger partial charge in [-0.05, 0) is 44.8 Å². The van der Waals surface area contributed by atoms with Gasteiger partial charge in [-0.25, -0.2) is 0 Å². The summed E-state index contributed by atoms with van der Waals surface area (Å²) in [4.78, 5) is 33.9. The Morgan fingerprint density at radius 1 is 1.36 bits per heavy atom. The number of Topliss-reactive ketones (excluding diaryl/α,β-unsaturated/α-hetero) is 1. The maximum atomic E-state index is 11.7. The third-order valence-electron chi connectivity index (χ3n) is 3.07. The van der Waals surface area contributed by atoms with Crippen LogP contribution in [0, 0.1) is 0 Å². The first kappa shape index (κ1) is 18.1. The van der Waals surface area contributed by atoms with E-state index in [1.54, 1.807) is 6.08 Å². The average Bonchev–Trinajstić information content (AvgIpc) is 2.72. The van der Waals surface area contributed by atoms with Crippen molar-refractivity contribution >= 4 is 17.7 Å². The second-order valence-corrected chi connectivity index (χ2v) is 5.57. The number of hydrogen-bond acceptors (Lipinski definition) is 5. The topological polar surface area (TPSA) is 69.7 Å². The molecular weight excluding hydrogens is 284 g/mol. The molecule has 0 amide bonds. The van der Waals surface area contributed by atoms with E-state index in [4.69, 9.17) is 9.47 Å². The van der Waals surface area contributed by atoms with E-state index in [0.717, 1.165) is 12.8 Å². The fraction of sp³-hybridized carbons (Fsp3) is 0.588. The highest BCUT2D eigenvalue weighted by Gasteiger charge is 2.24. The standard InChI is InChI=1S/C17H24O5/c1-12(2)21-17(20)9-7-5-4-6-8-14-10-15(11-16(14)19)22-13(3)18/h4,6,10,12,15H,5,7-9,11H2,1-3H3/t15-/m0/s1. The Kier molecular flexibility index (Phi) is 7.57. The highest BCUT2D eigenvalue weighted by molar-refractivity contribution is 5.98. The Hall–Kier alpha value is -1.91. The summed E-state index contributed by atoms with van der Waals surface area (Å²) >= 11 is 0. The van der Waals surface area contributed by atoms with E-state index in [1.165, 1.54) is 6.92 Å². The second-order valence-electron chi connectivity index (χ2n) is 5.57. The lowest BCUT2D eigenvalue weighted by molar-refractivity contribution is -0.147. The van der Waals surface area contributed by atoms with Gasteiger partial charge in [0.25, 0.3) is 0 Å². The van der Waals surface area contributed by atoms with E-state index < -0.39 is 6.10 Å². The van der Waals surface area contributed by atoms with Gasteiger partial charge >= 0.3 is 11.9 Å². The number of allylic oxidation sites excluding steroid dienone is 3. The fourth-order valence-corrected chi connectivity index (χ4v) is 2.18. The van der Waals surface area contributed by atoms with Gasteiger partial charge in [0.2, 0.25) is 0 Å². The minimum Gasteiger partial charge on any atom is -0.463 e. The highest BCUT2D eigenvalue weighted by atomic mass is 16.5. The number of hydrogen-bond donors (Lipinski definition) is 0. The molecule has 0 heterocycles. The molecule has 122 valence electrons. The molecular formula is C17H24O5. The molecule has 0 unspecified atom stereocenters. The number of ether oxygens (including phenoxy) is 2. The zero-order chi connectivity index (χ0) is 16.5. The van der Waals surface area contributed by atoms with E-state index in [2.05, 4.69) is 0 Å². The van der Waals surface area contributed by atoms with Gasteiger partial charge in [0.05, 0.1) is 12.5 Å². The van der Waals surface area contributed by atoms with Gasteiger partial charge < -0.3 is 9.47 Å². The fourth-order valence-electron chi connectivity index (χ4n) is 2.18. The molecule has 0 spiro atoms.